The van der Waals surface area contributed by atoms with Crippen LogP contribution in [0.4, 0.5) is 0 Å². The number of carbonyl (C=O) groups is 2. The van der Waals surface area contributed by atoms with Crippen LogP contribution in [0.25, 0.3) is 0 Å². The number of primary amides is 1. The van der Waals surface area contributed by atoms with Crippen LogP contribution >= 0.6 is 12.2 Å². The fourth-order valence-corrected chi connectivity index (χ4v) is 3.55. The molecule has 0 rings (SSSR count). The van der Waals surface area contributed by atoms with Gasteiger partial charge in [-0.25, -0.2) is 0 Å². The van der Waals surface area contributed by atoms with Gasteiger partial charge in [0.25, 0.3) is 0 Å². The predicted octanol–water partition coefficient (Wildman–Crippen LogP) is 1.85. The molecule has 8 nitrogen and oxygen atoms in total. The van der Waals surface area contributed by atoms with Gasteiger partial charge in [0.15, 0.2) is 0 Å². The van der Waals surface area contributed by atoms with Crippen molar-refractivity contribution in [1.82, 2.24) is 5.32 Å². The summed E-state index contributed by atoms with van der Waals surface area (Å²) in [5.74, 6) is -3.57. The molecule has 0 aromatic heterocycles. The number of carbonyl (C=O) groups excluding carboxylic acids is 1. The molecule has 0 aliphatic carbocycles. The monoisotopic (exact) mass is 434 g/mol. The summed E-state index contributed by atoms with van der Waals surface area (Å²) in [5.41, 5.74) is 5.52. The Labute approximate surface area is 179 Å². The molecule has 0 bridgehead atoms. The minimum atomic E-state index is -1.04. The van der Waals surface area contributed by atoms with Crippen LogP contribution in [0.2, 0.25) is 0 Å². The van der Waals surface area contributed by atoms with Crippen molar-refractivity contribution in [3.63, 3.8) is 0 Å². The van der Waals surface area contributed by atoms with Crippen molar-refractivity contribution in [1.29, 1.82) is 0 Å². The quantitative estimate of drug-likeness (QED) is 0.221. The molecule has 9 heteroatoms. The minimum absolute atomic E-state index is 0.220. The number of hydrogen-bond acceptors (Lipinski definition) is 6. The van der Waals surface area contributed by atoms with E-state index in [4.69, 9.17) is 32.2 Å². The number of amides is 1. The zero-order valence-electron chi connectivity index (χ0n) is 18.1. The third-order valence-corrected chi connectivity index (χ3v) is 4.98. The number of nitrogens with one attached hydrogen (secondary N) is 1. The normalized spacial score (nSPS) is 14.4. The molecule has 0 aliphatic heterocycles. The van der Waals surface area contributed by atoms with E-state index in [1.807, 2.05) is 20.8 Å². The van der Waals surface area contributed by atoms with E-state index in [2.05, 4.69) is 5.32 Å². The standard InChI is InChI=1S/C20H38N2O6S/c1-5-6-15(18(21)23)17(20(24)25)16(13-14(2)3)19(29)22-7-8-27-11-12-28-10-9-26-4/h14-17H,5-13H2,1-4H3,(H2,21,23)(H,22,29)(H,24,25). The van der Waals surface area contributed by atoms with Crippen molar-refractivity contribution in [2.45, 2.75) is 40.0 Å². The lowest BCUT2D eigenvalue weighted by atomic mass is 9.75. The summed E-state index contributed by atoms with van der Waals surface area (Å²) in [5, 5.41) is 12.9. The van der Waals surface area contributed by atoms with Crippen molar-refractivity contribution in [2.75, 3.05) is 46.7 Å². The Kier molecular flexibility index (Phi) is 15.8. The van der Waals surface area contributed by atoms with E-state index in [0.717, 1.165) is 0 Å². The highest BCUT2D eigenvalue weighted by atomic mass is 32.1. The minimum Gasteiger partial charge on any atom is -0.481 e. The lowest BCUT2D eigenvalue weighted by molar-refractivity contribution is -0.148. The Balaban J connectivity index is 4.78. The number of ether oxygens (including phenoxy) is 3. The van der Waals surface area contributed by atoms with Crippen LogP contribution in [0.15, 0.2) is 0 Å². The number of rotatable bonds is 18. The van der Waals surface area contributed by atoms with Crippen molar-refractivity contribution in [3.8, 4) is 0 Å². The molecule has 0 aromatic rings. The molecule has 0 fully saturated rings. The molecule has 3 unspecified atom stereocenters. The Morgan fingerprint density at radius 1 is 1.07 bits per heavy atom. The van der Waals surface area contributed by atoms with E-state index in [-0.39, 0.29) is 5.92 Å². The Hall–Kier alpha value is -1.29. The second kappa shape index (κ2) is 16.5. The molecule has 0 saturated heterocycles. The molecular formula is C20H38N2O6S. The van der Waals surface area contributed by atoms with E-state index in [9.17, 15) is 14.7 Å². The maximum absolute atomic E-state index is 12.0. The number of carboxylic acid groups (broad SMARTS) is 1. The van der Waals surface area contributed by atoms with Crippen molar-refractivity contribution in [2.24, 2.45) is 29.4 Å². The highest BCUT2D eigenvalue weighted by molar-refractivity contribution is 7.80. The molecule has 29 heavy (non-hydrogen) atoms. The zero-order chi connectivity index (χ0) is 22.2. The van der Waals surface area contributed by atoms with Gasteiger partial charge >= 0.3 is 5.97 Å². The van der Waals surface area contributed by atoms with Gasteiger partial charge < -0.3 is 30.4 Å². The first-order valence-electron chi connectivity index (χ1n) is 10.2. The van der Waals surface area contributed by atoms with Gasteiger partial charge in [-0.1, -0.05) is 39.4 Å². The number of carboxylic acids is 1. The number of thiocarbonyl (C=S) groups is 1. The van der Waals surface area contributed by atoms with E-state index in [1.54, 1.807) is 7.11 Å². The predicted molar refractivity (Wildman–Crippen MR) is 116 cm³/mol. The molecule has 0 aromatic carbocycles. The fraction of sp³-hybridized carbons (Fsp3) is 0.850. The maximum Gasteiger partial charge on any atom is 0.308 e. The molecule has 0 heterocycles. The first-order chi connectivity index (χ1) is 13.8. The number of hydrogen-bond donors (Lipinski definition) is 3. The summed E-state index contributed by atoms with van der Waals surface area (Å²) < 4.78 is 15.7. The molecule has 0 radical (unpaired) electrons. The van der Waals surface area contributed by atoms with Gasteiger partial charge in [0.05, 0.1) is 49.9 Å². The fourth-order valence-electron chi connectivity index (χ4n) is 3.20. The lowest BCUT2D eigenvalue weighted by Gasteiger charge is -2.31. The van der Waals surface area contributed by atoms with Crippen LogP contribution in [-0.2, 0) is 23.8 Å². The van der Waals surface area contributed by atoms with Gasteiger partial charge in [-0.2, -0.15) is 0 Å². The number of aliphatic carboxylic acids is 1. The van der Waals surface area contributed by atoms with Crippen molar-refractivity contribution in [3.05, 3.63) is 0 Å². The van der Waals surface area contributed by atoms with Gasteiger partial charge in [0.2, 0.25) is 5.91 Å². The summed E-state index contributed by atoms with van der Waals surface area (Å²) >= 11 is 5.51. The third kappa shape index (κ3) is 12.1. The summed E-state index contributed by atoms with van der Waals surface area (Å²) in [4.78, 5) is 24.4. The highest BCUT2D eigenvalue weighted by Gasteiger charge is 2.40. The maximum atomic E-state index is 12.0. The lowest BCUT2D eigenvalue weighted by Crippen LogP contribution is -2.45. The Bertz CT molecular complexity index is 490. The molecule has 0 spiro atoms. The summed E-state index contributed by atoms with van der Waals surface area (Å²) in [7, 11) is 1.61. The topological polar surface area (TPSA) is 120 Å². The van der Waals surface area contributed by atoms with E-state index in [0.29, 0.717) is 63.8 Å². The molecule has 3 atom stereocenters. The second-order valence-electron chi connectivity index (χ2n) is 7.41. The Morgan fingerprint density at radius 3 is 2.14 bits per heavy atom. The van der Waals surface area contributed by atoms with E-state index >= 15 is 0 Å². The molecule has 0 aliphatic rings. The van der Waals surface area contributed by atoms with Gasteiger partial charge in [0.1, 0.15) is 0 Å². The largest absolute Gasteiger partial charge is 0.481 e. The van der Waals surface area contributed by atoms with E-state index < -0.39 is 29.6 Å². The zero-order valence-corrected chi connectivity index (χ0v) is 19.0. The second-order valence-corrected chi connectivity index (χ2v) is 7.85. The number of methoxy groups -OCH3 is 1. The highest BCUT2D eigenvalue weighted by Crippen LogP contribution is 2.31. The van der Waals surface area contributed by atoms with Crippen LogP contribution in [0.5, 0.6) is 0 Å². The van der Waals surface area contributed by atoms with Crippen molar-refractivity contribution >= 4 is 29.1 Å². The van der Waals surface area contributed by atoms with Crippen LogP contribution in [0.1, 0.15) is 40.0 Å². The average molecular weight is 435 g/mol. The van der Waals surface area contributed by atoms with Crippen LogP contribution < -0.4 is 11.1 Å². The van der Waals surface area contributed by atoms with Gasteiger partial charge in [-0.3, -0.25) is 9.59 Å². The molecule has 170 valence electrons. The average Bonchev–Trinajstić information content (AvgIpc) is 2.64. The van der Waals surface area contributed by atoms with Crippen molar-refractivity contribution < 1.29 is 28.9 Å². The summed E-state index contributed by atoms with van der Waals surface area (Å²) in [6, 6.07) is 0. The Morgan fingerprint density at radius 2 is 1.66 bits per heavy atom. The van der Waals surface area contributed by atoms with E-state index in [1.165, 1.54) is 0 Å². The summed E-state index contributed by atoms with van der Waals surface area (Å²) in [6.45, 7) is 8.76. The number of nitrogens with two attached hydrogens (primary N) is 1. The smallest absolute Gasteiger partial charge is 0.308 e. The summed E-state index contributed by atoms with van der Waals surface area (Å²) in [6.07, 6.45) is 1.66. The van der Waals surface area contributed by atoms with Crippen LogP contribution in [0, 0.1) is 23.7 Å². The molecule has 0 saturated carbocycles. The van der Waals surface area contributed by atoms with Gasteiger partial charge in [-0.05, 0) is 18.8 Å². The molecular weight excluding hydrogens is 396 g/mol. The van der Waals surface area contributed by atoms with Crippen LogP contribution in [0.3, 0.4) is 0 Å². The van der Waals surface area contributed by atoms with Crippen LogP contribution in [-0.4, -0.2) is 68.7 Å². The SMILES string of the molecule is CCCC(C(N)=O)C(C(=O)O)C(CC(C)C)C(=S)NCCOCCOCCOC. The van der Waals surface area contributed by atoms with Gasteiger partial charge in [-0.15, -0.1) is 0 Å². The molecule has 4 N–H and O–H groups in total. The first kappa shape index (κ1) is 27.7. The third-order valence-electron chi connectivity index (χ3n) is 4.53. The van der Waals surface area contributed by atoms with Gasteiger partial charge in [0, 0.05) is 19.6 Å². The molecule has 1 amide bonds. The first-order valence-corrected chi connectivity index (χ1v) is 10.6.